The van der Waals surface area contributed by atoms with E-state index >= 15 is 0 Å². The van der Waals surface area contributed by atoms with Crippen LogP contribution in [-0.2, 0) is 21.7 Å². The maximum atomic E-state index is 13.2. The SMILES string of the molecule is Cc1ccccc1Cc1csc(N2CCC(S(=O)(=O)c3ccc(C(C)(C)C)cc3)CC2)n1. The summed E-state index contributed by atoms with van der Waals surface area (Å²) >= 11 is 1.66. The van der Waals surface area contributed by atoms with Gasteiger partial charge in [0.2, 0.25) is 0 Å². The van der Waals surface area contributed by atoms with Crippen molar-refractivity contribution in [3.8, 4) is 0 Å². The first-order chi connectivity index (χ1) is 15.1. The van der Waals surface area contributed by atoms with Crippen molar-refractivity contribution < 1.29 is 8.42 Å². The van der Waals surface area contributed by atoms with E-state index < -0.39 is 9.84 Å². The minimum absolute atomic E-state index is 0.0133. The molecule has 0 amide bonds. The number of piperidine rings is 1. The molecule has 0 N–H and O–H groups in total. The van der Waals surface area contributed by atoms with Gasteiger partial charge in [0.15, 0.2) is 15.0 Å². The van der Waals surface area contributed by atoms with Crippen molar-refractivity contribution >= 4 is 26.3 Å². The minimum Gasteiger partial charge on any atom is -0.348 e. The Labute approximate surface area is 196 Å². The normalized spacial score (nSPS) is 15.8. The minimum atomic E-state index is -3.31. The summed E-state index contributed by atoms with van der Waals surface area (Å²) in [5.41, 5.74) is 4.82. The lowest BCUT2D eigenvalue weighted by Crippen LogP contribution is -2.39. The third-order valence-corrected chi connectivity index (χ3v) is 9.60. The molecule has 2 heterocycles. The third-order valence-electron chi connectivity index (χ3n) is 6.37. The van der Waals surface area contributed by atoms with Gasteiger partial charge in [0.05, 0.1) is 15.8 Å². The molecule has 0 aliphatic carbocycles. The highest BCUT2D eigenvalue weighted by atomic mass is 32.2. The zero-order valence-electron chi connectivity index (χ0n) is 19.3. The molecule has 2 aromatic carbocycles. The van der Waals surface area contributed by atoms with Crippen molar-refractivity contribution in [3.63, 3.8) is 0 Å². The molecule has 32 heavy (non-hydrogen) atoms. The lowest BCUT2D eigenvalue weighted by atomic mass is 9.87. The number of benzene rings is 2. The summed E-state index contributed by atoms with van der Waals surface area (Å²) in [5.74, 6) is 0. The van der Waals surface area contributed by atoms with Crippen LogP contribution < -0.4 is 4.90 Å². The molecule has 6 heteroatoms. The molecular formula is C26H32N2O2S2. The molecule has 0 unspecified atom stereocenters. The van der Waals surface area contributed by atoms with Crippen LogP contribution in [0.4, 0.5) is 5.13 Å². The van der Waals surface area contributed by atoms with Crippen LogP contribution in [0.1, 0.15) is 56.0 Å². The number of sulfone groups is 1. The van der Waals surface area contributed by atoms with Crippen LogP contribution in [0.2, 0.25) is 0 Å². The highest BCUT2D eigenvalue weighted by Crippen LogP contribution is 2.31. The molecule has 4 rings (SSSR count). The van der Waals surface area contributed by atoms with Crippen molar-refractivity contribution in [2.24, 2.45) is 0 Å². The lowest BCUT2D eigenvalue weighted by molar-refractivity contribution is 0.529. The molecule has 1 fully saturated rings. The van der Waals surface area contributed by atoms with Gasteiger partial charge in [-0.3, -0.25) is 0 Å². The van der Waals surface area contributed by atoms with Crippen LogP contribution in [0.25, 0.3) is 0 Å². The monoisotopic (exact) mass is 468 g/mol. The number of hydrogen-bond donors (Lipinski definition) is 0. The molecule has 0 radical (unpaired) electrons. The van der Waals surface area contributed by atoms with Gasteiger partial charge in [0.1, 0.15) is 0 Å². The van der Waals surface area contributed by atoms with E-state index in [1.807, 2.05) is 12.1 Å². The van der Waals surface area contributed by atoms with E-state index in [0.29, 0.717) is 17.7 Å². The Bertz CT molecular complexity index is 1170. The lowest BCUT2D eigenvalue weighted by Gasteiger charge is -2.31. The van der Waals surface area contributed by atoms with Crippen molar-refractivity contribution in [3.05, 3.63) is 76.3 Å². The second-order valence-corrected chi connectivity index (χ2v) is 12.8. The van der Waals surface area contributed by atoms with Crippen molar-refractivity contribution in [1.29, 1.82) is 0 Å². The van der Waals surface area contributed by atoms with Crippen LogP contribution in [0.5, 0.6) is 0 Å². The van der Waals surface area contributed by atoms with E-state index in [-0.39, 0.29) is 10.7 Å². The molecular weight excluding hydrogens is 436 g/mol. The summed E-state index contributed by atoms with van der Waals surface area (Å²) in [6.45, 7) is 9.98. The van der Waals surface area contributed by atoms with Crippen molar-refractivity contribution in [2.45, 2.75) is 62.5 Å². The highest BCUT2D eigenvalue weighted by Gasteiger charge is 2.32. The smallest absolute Gasteiger partial charge is 0.185 e. The topological polar surface area (TPSA) is 50.3 Å². The second-order valence-electron chi connectivity index (χ2n) is 9.73. The number of thiazole rings is 1. The van der Waals surface area contributed by atoms with Gasteiger partial charge in [-0.25, -0.2) is 13.4 Å². The fourth-order valence-corrected chi connectivity index (χ4v) is 6.83. The van der Waals surface area contributed by atoms with Crippen molar-refractivity contribution in [2.75, 3.05) is 18.0 Å². The Kier molecular flexibility index (Phi) is 6.46. The number of aryl methyl sites for hydroxylation is 1. The predicted molar refractivity (Wildman–Crippen MR) is 134 cm³/mol. The molecule has 1 aliphatic heterocycles. The average Bonchev–Trinajstić information content (AvgIpc) is 3.23. The van der Waals surface area contributed by atoms with Crippen LogP contribution in [-0.4, -0.2) is 31.7 Å². The largest absolute Gasteiger partial charge is 0.348 e. The zero-order valence-corrected chi connectivity index (χ0v) is 21.0. The maximum Gasteiger partial charge on any atom is 0.185 e. The Balaban J connectivity index is 1.40. The summed E-state index contributed by atoms with van der Waals surface area (Å²) < 4.78 is 26.4. The summed E-state index contributed by atoms with van der Waals surface area (Å²) in [6.07, 6.45) is 2.10. The van der Waals surface area contributed by atoms with Gasteiger partial charge in [-0.15, -0.1) is 11.3 Å². The number of aromatic nitrogens is 1. The van der Waals surface area contributed by atoms with Crippen LogP contribution in [0.15, 0.2) is 58.8 Å². The Hall–Kier alpha value is -2.18. The molecule has 1 aromatic heterocycles. The third kappa shape index (κ3) is 4.91. The first kappa shape index (κ1) is 23.0. The zero-order chi connectivity index (χ0) is 22.9. The van der Waals surface area contributed by atoms with Crippen LogP contribution >= 0.6 is 11.3 Å². The molecule has 1 saturated heterocycles. The first-order valence-corrected chi connectivity index (χ1v) is 13.7. The molecule has 0 bridgehead atoms. The van der Waals surface area contributed by atoms with E-state index in [1.165, 1.54) is 11.1 Å². The van der Waals surface area contributed by atoms with Crippen LogP contribution in [0.3, 0.4) is 0 Å². The van der Waals surface area contributed by atoms with Crippen LogP contribution in [0, 0.1) is 6.92 Å². The Morgan fingerprint density at radius 1 is 1.03 bits per heavy atom. The number of nitrogens with zero attached hydrogens (tertiary/aromatic N) is 2. The quantitative estimate of drug-likeness (QED) is 0.476. The molecule has 0 saturated carbocycles. The van der Waals surface area contributed by atoms with E-state index in [1.54, 1.807) is 23.5 Å². The van der Waals surface area contributed by atoms with Gasteiger partial charge in [0, 0.05) is 24.9 Å². The van der Waals surface area contributed by atoms with Gasteiger partial charge >= 0.3 is 0 Å². The number of anilines is 1. The van der Waals surface area contributed by atoms with E-state index in [0.717, 1.165) is 35.9 Å². The summed E-state index contributed by atoms with van der Waals surface area (Å²) in [4.78, 5) is 7.52. The molecule has 0 spiro atoms. The molecule has 1 aliphatic rings. The Morgan fingerprint density at radius 3 is 2.31 bits per heavy atom. The van der Waals surface area contributed by atoms with E-state index in [4.69, 9.17) is 4.98 Å². The van der Waals surface area contributed by atoms with E-state index in [2.05, 4.69) is 62.2 Å². The fraction of sp³-hybridized carbons (Fsp3) is 0.423. The van der Waals surface area contributed by atoms with Gasteiger partial charge in [-0.1, -0.05) is 57.2 Å². The summed E-state index contributed by atoms with van der Waals surface area (Å²) in [7, 11) is -3.31. The standard InChI is InChI=1S/C26H32N2O2S2/c1-19-7-5-6-8-20(19)17-22-18-31-25(27-22)28-15-13-24(14-16-28)32(29,30)23-11-9-21(10-12-23)26(2,3)4/h5-12,18,24H,13-17H2,1-4H3. The number of rotatable bonds is 5. The molecule has 4 nitrogen and oxygen atoms in total. The summed E-state index contributed by atoms with van der Waals surface area (Å²) in [6, 6.07) is 15.9. The second kappa shape index (κ2) is 8.99. The molecule has 0 atom stereocenters. The van der Waals surface area contributed by atoms with Gasteiger partial charge in [-0.2, -0.15) is 0 Å². The molecule has 170 valence electrons. The van der Waals surface area contributed by atoms with Gasteiger partial charge < -0.3 is 4.90 Å². The predicted octanol–water partition coefficient (Wildman–Crippen LogP) is 5.78. The van der Waals surface area contributed by atoms with Crippen molar-refractivity contribution in [1.82, 2.24) is 4.98 Å². The maximum absolute atomic E-state index is 13.2. The van der Waals surface area contributed by atoms with Gasteiger partial charge in [0.25, 0.3) is 0 Å². The Morgan fingerprint density at radius 2 is 1.69 bits per heavy atom. The fourth-order valence-electron chi connectivity index (χ4n) is 4.22. The van der Waals surface area contributed by atoms with E-state index in [9.17, 15) is 8.42 Å². The van der Waals surface area contributed by atoms with Gasteiger partial charge in [-0.05, 0) is 54.0 Å². The summed E-state index contributed by atoms with van der Waals surface area (Å²) in [5, 5.41) is 2.80. The average molecular weight is 469 g/mol. The number of hydrogen-bond acceptors (Lipinski definition) is 5. The molecule has 3 aromatic rings. The highest BCUT2D eigenvalue weighted by molar-refractivity contribution is 7.92. The first-order valence-electron chi connectivity index (χ1n) is 11.2.